The van der Waals surface area contributed by atoms with Gasteiger partial charge in [-0.15, -0.1) is 0 Å². The SMILES string of the molecule is CCC1CN(S(=O)(=O)C2CCCC2)CCC1O. The molecule has 1 saturated heterocycles. The van der Waals surface area contributed by atoms with Crippen molar-refractivity contribution in [2.24, 2.45) is 5.92 Å². The first-order valence-corrected chi connectivity index (χ1v) is 8.23. The van der Waals surface area contributed by atoms with Crippen LogP contribution in [-0.4, -0.2) is 42.3 Å². The van der Waals surface area contributed by atoms with E-state index in [-0.39, 0.29) is 17.3 Å². The zero-order valence-electron chi connectivity index (χ0n) is 10.5. The number of nitrogens with zero attached hydrogens (tertiary/aromatic N) is 1. The van der Waals surface area contributed by atoms with Crippen molar-refractivity contribution in [3.05, 3.63) is 0 Å². The number of piperidine rings is 1. The van der Waals surface area contributed by atoms with E-state index in [1.165, 1.54) is 0 Å². The average molecular weight is 261 g/mol. The molecule has 0 aromatic carbocycles. The van der Waals surface area contributed by atoms with Crippen LogP contribution < -0.4 is 0 Å². The van der Waals surface area contributed by atoms with Gasteiger partial charge in [-0.3, -0.25) is 0 Å². The highest BCUT2D eigenvalue weighted by Gasteiger charge is 2.38. The molecule has 1 saturated carbocycles. The van der Waals surface area contributed by atoms with Crippen molar-refractivity contribution in [2.45, 2.75) is 56.8 Å². The minimum atomic E-state index is -3.11. The third kappa shape index (κ3) is 2.66. The lowest BCUT2D eigenvalue weighted by atomic mass is 9.94. The molecule has 0 radical (unpaired) electrons. The summed E-state index contributed by atoms with van der Waals surface area (Å²) >= 11 is 0. The van der Waals surface area contributed by atoms with Crippen LogP contribution in [0, 0.1) is 5.92 Å². The lowest BCUT2D eigenvalue weighted by Gasteiger charge is -2.36. The summed E-state index contributed by atoms with van der Waals surface area (Å²) in [5, 5.41) is 9.64. The van der Waals surface area contributed by atoms with Gasteiger partial charge < -0.3 is 5.11 Å². The molecule has 2 atom stereocenters. The zero-order chi connectivity index (χ0) is 12.5. The minimum Gasteiger partial charge on any atom is -0.393 e. The summed E-state index contributed by atoms with van der Waals surface area (Å²) in [6, 6.07) is 0. The van der Waals surface area contributed by atoms with Gasteiger partial charge in [0, 0.05) is 13.1 Å². The molecule has 100 valence electrons. The summed E-state index contributed by atoms with van der Waals surface area (Å²) in [6.45, 7) is 3.02. The summed E-state index contributed by atoms with van der Waals surface area (Å²) in [7, 11) is -3.11. The predicted octanol–water partition coefficient (Wildman–Crippen LogP) is 1.35. The maximum absolute atomic E-state index is 12.4. The minimum absolute atomic E-state index is 0.111. The highest BCUT2D eigenvalue weighted by Crippen LogP contribution is 2.30. The van der Waals surface area contributed by atoms with Crippen LogP contribution in [0.5, 0.6) is 0 Å². The topological polar surface area (TPSA) is 57.6 Å². The second-order valence-corrected chi connectivity index (χ2v) is 7.55. The lowest BCUT2D eigenvalue weighted by molar-refractivity contribution is 0.0518. The second-order valence-electron chi connectivity index (χ2n) is 5.33. The predicted molar refractivity (Wildman–Crippen MR) is 67.2 cm³/mol. The van der Waals surface area contributed by atoms with Crippen LogP contribution >= 0.6 is 0 Å². The number of aliphatic hydroxyl groups is 1. The van der Waals surface area contributed by atoms with Crippen LogP contribution in [-0.2, 0) is 10.0 Å². The molecule has 2 unspecified atom stereocenters. The quantitative estimate of drug-likeness (QED) is 0.834. The van der Waals surface area contributed by atoms with Gasteiger partial charge in [0.15, 0.2) is 0 Å². The third-order valence-corrected chi connectivity index (χ3v) is 6.63. The molecule has 1 aliphatic carbocycles. The van der Waals surface area contributed by atoms with Crippen LogP contribution in [0.25, 0.3) is 0 Å². The molecule has 0 bridgehead atoms. The Morgan fingerprint density at radius 1 is 1.24 bits per heavy atom. The summed E-state index contributed by atoms with van der Waals surface area (Å²) < 4.78 is 26.4. The monoisotopic (exact) mass is 261 g/mol. The van der Waals surface area contributed by atoms with E-state index in [4.69, 9.17) is 0 Å². The van der Waals surface area contributed by atoms with Crippen LogP contribution in [0.2, 0.25) is 0 Å². The molecule has 2 aliphatic rings. The Bertz CT molecular complexity index is 349. The molecule has 2 fully saturated rings. The van der Waals surface area contributed by atoms with Gasteiger partial charge in [-0.1, -0.05) is 19.8 Å². The highest BCUT2D eigenvalue weighted by atomic mass is 32.2. The number of sulfonamides is 1. The van der Waals surface area contributed by atoms with Gasteiger partial charge in [-0.2, -0.15) is 0 Å². The second kappa shape index (κ2) is 5.24. The van der Waals surface area contributed by atoms with Crippen LogP contribution in [0.4, 0.5) is 0 Å². The first-order valence-electron chi connectivity index (χ1n) is 6.72. The lowest BCUT2D eigenvalue weighted by Crippen LogP contribution is -2.48. The van der Waals surface area contributed by atoms with E-state index in [0.717, 1.165) is 32.1 Å². The fraction of sp³-hybridized carbons (Fsp3) is 1.00. The molecule has 5 heteroatoms. The average Bonchev–Trinajstić information content (AvgIpc) is 2.83. The van der Waals surface area contributed by atoms with Crippen LogP contribution in [0.15, 0.2) is 0 Å². The smallest absolute Gasteiger partial charge is 0.216 e. The van der Waals surface area contributed by atoms with Crippen molar-refractivity contribution >= 4 is 10.0 Å². The van der Waals surface area contributed by atoms with E-state index in [2.05, 4.69) is 0 Å². The maximum atomic E-state index is 12.4. The van der Waals surface area contributed by atoms with Crippen molar-refractivity contribution in [3.63, 3.8) is 0 Å². The van der Waals surface area contributed by atoms with E-state index in [9.17, 15) is 13.5 Å². The van der Waals surface area contributed by atoms with Gasteiger partial charge in [0.25, 0.3) is 0 Å². The number of aliphatic hydroxyl groups excluding tert-OH is 1. The molecule has 0 aromatic heterocycles. The molecule has 1 aliphatic heterocycles. The summed E-state index contributed by atoms with van der Waals surface area (Å²) in [6.07, 6.45) is 4.82. The Morgan fingerprint density at radius 2 is 1.88 bits per heavy atom. The fourth-order valence-electron chi connectivity index (χ4n) is 3.02. The Morgan fingerprint density at radius 3 is 2.47 bits per heavy atom. The van der Waals surface area contributed by atoms with E-state index < -0.39 is 10.0 Å². The summed E-state index contributed by atoms with van der Waals surface area (Å²) in [4.78, 5) is 0. The molecule has 2 rings (SSSR count). The van der Waals surface area contributed by atoms with Gasteiger partial charge in [-0.25, -0.2) is 12.7 Å². The van der Waals surface area contributed by atoms with Crippen LogP contribution in [0.3, 0.4) is 0 Å². The van der Waals surface area contributed by atoms with Gasteiger partial charge in [-0.05, 0) is 31.6 Å². The van der Waals surface area contributed by atoms with Gasteiger partial charge >= 0.3 is 0 Å². The molecule has 0 aromatic rings. The molecule has 1 N–H and O–H groups in total. The largest absolute Gasteiger partial charge is 0.393 e. The van der Waals surface area contributed by atoms with Gasteiger partial charge in [0.1, 0.15) is 0 Å². The molecular weight excluding hydrogens is 238 g/mol. The van der Waals surface area contributed by atoms with E-state index >= 15 is 0 Å². The van der Waals surface area contributed by atoms with E-state index in [0.29, 0.717) is 19.5 Å². The Hall–Kier alpha value is -0.130. The van der Waals surface area contributed by atoms with E-state index in [1.54, 1.807) is 4.31 Å². The Kier molecular flexibility index (Phi) is 4.10. The van der Waals surface area contributed by atoms with Crippen molar-refractivity contribution in [2.75, 3.05) is 13.1 Å². The highest BCUT2D eigenvalue weighted by molar-refractivity contribution is 7.89. The fourth-order valence-corrected chi connectivity index (χ4v) is 5.13. The molecule has 0 spiro atoms. The molecule has 4 nitrogen and oxygen atoms in total. The zero-order valence-corrected chi connectivity index (χ0v) is 11.3. The van der Waals surface area contributed by atoms with Gasteiger partial charge in [0.05, 0.1) is 11.4 Å². The molecular formula is C12H23NO3S. The molecule has 0 amide bonds. The number of hydrogen-bond donors (Lipinski definition) is 1. The number of hydrogen-bond acceptors (Lipinski definition) is 3. The molecule has 17 heavy (non-hydrogen) atoms. The van der Waals surface area contributed by atoms with Crippen molar-refractivity contribution in [1.82, 2.24) is 4.31 Å². The van der Waals surface area contributed by atoms with E-state index in [1.807, 2.05) is 6.92 Å². The summed E-state index contributed by atoms with van der Waals surface area (Å²) in [5.74, 6) is 0.111. The van der Waals surface area contributed by atoms with Crippen molar-refractivity contribution in [1.29, 1.82) is 0 Å². The summed E-state index contributed by atoms with van der Waals surface area (Å²) in [5.41, 5.74) is 0. The van der Waals surface area contributed by atoms with Crippen LogP contribution in [0.1, 0.15) is 45.4 Å². The third-order valence-electron chi connectivity index (χ3n) is 4.26. The first-order chi connectivity index (χ1) is 8.05. The van der Waals surface area contributed by atoms with Crippen molar-refractivity contribution < 1.29 is 13.5 Å². The first kappa shape index (κ1) is 13.3. The number of rotatable bonds is 3. The molecule has 1 heterocycles. The standard InChI is InChI=1S/C12H23NO3S/c1-2-10-9-13(8-7-12(10)14)17(15,16)11-5-3-4-6-11/h10-12,14H,2-9H2,1H3. The maximum Gasteiger partial charge on any atom is 0.216 e. The Labute approximate surface area is 104 Å². The van der Waals surface area contributed by atoms with Gasteiger partial charge in [0.2, 0.25) is 10.0 Å². The Balaban J connectivity index is 2.06. The normalized spacial score (nSPS) is 33.1. The van der Waals surface area contributed by atoms with Crippen molar-refractivity contribution in [3.8, 4) is 0 Å².